The third-order valence-electron chi connectivity index (χ3n) is 5.47. The smallest absolute Gasteiger partial charge is 0.508 e. The summed E-state index contributed by atoms with van der Waals surface area (Å²) in [6.45, 7) is 4.30. The molecule has 0 saturated heterocycles. The fraction of sp³-hybridized carbons (Fsp3) is 0.280. The van der Waals surface area contributed by atoms with Gasteiger partial charge in [-0.1, -0.05) is 36.4 Å². The van der Waals surface area contributed by atoms with Crippen LogP contribution in [0.15, 0.2) is 75.8 Å². The Hall–Kier alpha value is -4.06. The lowest BCUT2D eigenvalue weighted by Crippen LogP contribution is -2.33. The van der Waals surface area contributed by atoms with Gasteiger partial charge in [0.05, 0.1) is 6.54 Å². The molecule has 0 aliphatic carbocycles. The van der Waals surface area contributed by atoms with Crippen LogP contribution in [0.4, 0.5) is 0 Å². The van der Waals surface area contributed by atoms with Crippen molar-refractivity contribution in [3.63, 3.8) is 0 Å². The molecule has 2 aromatic heterocycles. The lowest BCUT2D eigenvalue weighted by molar-refractivity contribution is -0.203. The van der Waals surface area contributed by atoms with Gasteiger partial charge in [0.15, 0.2) is 11.5 Å². The summed E-state index contributed by atoms with van der Waals surface area (Å²) in [5, 5.41) is 25.0. The van der Waals surface area contributed by atoms with Crippen LogP contribution in [-0.4, -0.2) is 28.4 Å². The fourth-order valence-electron chi connectivity index (χ4n) is 3.65. The molecule has 0 aliphatic heterocycles. The van der Waals surface area contributed by atoms with E-state index in [0.717, 1.165) is 5.56 Å². The third kappa shape index (κ3) is 5.95. The summed E-state index contributed by atoms with van der Waals surface area (Å²) in [6, 6.07) is 13.8. The van der Waals surface area contributed by atoms with Crippen LogP contribution in [-0.2, 0) is 17.9 Å². The molecule has 2 heterocycles. The molecule has 0 fully saturated rings. The van der Waals surface area contributed by atoms with Gasteiger partial charge in [0.2, 0.25) is 6.10 Å². The highest BCUT2D eigenvalue weighted by molar-refractivity contribution is 5.32. The average molecular weight is 498 g/mol. The molecule has 0 amide bonds. The van der Waals surface area contributed by atoms with Crippen molar-refractivity contribution < 1.29 is 32.7 Å². The number of benzene rings is 2. The van der Waals surface area contributed by atoms with Crippen LogP contribution in [0.25, 0.3) is 0 Å². The van der Waals surface area contributed by atoms with Gasteiger partial charge in [-0.25, -0.2) is 9.59 Å². The van der Waals surface area contributed by atoms with Crippen LogP contribution in [0.3, 0.4) is 0 Å². The van der Waals surface area contributed by atoms with Gasteiger partial charge >= 0.3 is 11.6 Å². The number of para-hydroxylation sites is 2. The van der Waals surface area contributed by atoms with Crippen LogP contribution < -0.4 is 17.0 Å². The van der Waals surface area contributed by atoms with E-state index in [2.05, 4.69) is 5.32 Å². The Morgan fingerprint density at radius 3 is 1.86 bits per heavy atom. The Bertz CT molecular complexity index is 1360. The van der Waals surface area contributed by atoms with Gasteiger partial charge in [0.25, 0.3) is 0 Å². The first-order valence-corrected chi connectivity index (χ1v) is 11.2. The van der Waals surface area contributed by atoms with Crippen LogP contribution in [0.2, 0.25) is 0 Å². The van der Waals surface area contributed by atoms with Crippen molar-refractivity contribution in [2.24, 2.45) is 0 Å². The third-order valence-corrected chi connectivity index (χ3v) is 5.47. The highest BCUT2D eigenvalue weighted by Crippen LogP contribution is 2.32. The monoisotopic (exact) mass is 498 g/mol. The van der Waals surface area contributed by atoms with Crippen LogP contribution in [0.5, 0.6) is 11.5 Å². The van der Waals surface area contributed by atoms with Crippen molar-refractivity contribution in [2.75, 3.05) is 13.1 Å². The molecule has 11 nitrogen and oxygen atoms in total. The molecule has 0 unspecified atom stereocenters. The highest BCUT2D eigenvalue weighted by Gasteiger charge is 2.32. The van der Waals surface area contributed by atoms with Crippen molar-refractivity contribution in [3.05, 3.63) is 104 Å². The van der Waals surface area contributed by atoms with Gasteiger partial charge in [-0.2, -0.15) is 5.06 Å². The first-order chi connectivity index (χ1) is 17.3. The van der Waals surface area contributed by atoms with Gasteiger partial charge in [-0.15, -0.1) is 0 Å². The molecular formula is C25H26N2O9. The number of phenols is 2. The minimum atomic E-state index is -1.17. The molecule has 4 aromatic rings. The largest absolute Gasteiger partial charge is 0.519 e. The molecule has 4 rings (SSSR count). The van der Waals surface area contributed by atoms with Gasteiger partial charge in [0.1, 0.15) is 23.0 Å². The molecule has 3 N–H and O–H groups in total. The molecule has 0 bridgehead atoms. The number of hydroxylamine groups is 2. The van der Waals surface area contributed by atoms with Crippen molar-refractivity contribution in [2.45, 2.75) is 33.0 Å². The Labute approximate surface area is 205 Å². The zero-order valence-electron chi connectivity index (χ0n) is 19.7. The van der Waals surface area contributed by atoms with E-state index in [0.29, 0.717) is 25.2 Å². The summed E-state index contributed by atoms with van der Waals surface area (Å²) >= 11 is 0. The molecule has 0 atom stereocenters. The summed E-state index contributed by atoms with van der Waals surface area (Å²) in [5.74, 6) is -1.30. The van der Waals surface area contributed by atoms with E-state index >= 15 is 0 Å². The second-order valence-electron chi connectivity index (χ2n) is 8.03. The predicted octanol–water partition coefficient (Wildman–Crippen LogP) is 3.12. The number of phenolic OH excluding ortho intramolecular Hbond substituents is 2. The standard InChI is InChI=1S/C25H26N2O9/c1-15-21(34-24(30)32-15)23(22-16(2)33-25(31)35-22)36-27(14-18-8-4-6-10-20(18)29)12-11-26-13-17-7-3-5-9-19(17)28/h3-10,23,26,28-29H,11-14H2,1-2H3. The second kappa shape index (κ2) is 11.1. The number of hydrogen-bond donors (Lipinski definition) is 3. The SMILES string of the molecule is Cc1oc(=O)oc1C(ON(CCNCc1ccccc1O)Cc1ccccc1O)c1oc(=O)oc1C. The maximum Gasteiger partial charge on any atom is 0.519 e. The van der Waals surface area contributed by atoms with Gasteiger partial charge in [-0.3, -0.25) is 4.84 Å². The number of rotatable bonds is 11. The van der Waals surface area contributed by atoms with E-state index in [4.69, 9.17) is 22.5 Å². The molecular weight excluding hydrogens is 472 g/mol. The number of aromatic hydroxyl groups is 2. The van der Waals surface area contributed by atoms with E-state index in [9.17, 15) is 19.8 Å². The first kappa shape index (κ1) is 25.0. The molecule has 0 aliphatic rings. The Balaban J connectivity index is 1.58. The molecule has 0 spiro atoms. The number of nitrogens with zero attached hydrogens (tertiary/aromatic N) is 1. The number of hydrogen-bond acceptors (Lipinski definition) is 11. The minimum Gasteiger partial charge on any atom is -0.508 e. The molecule has 2 aromatic carbocycles. The zero-order chi connectivity index (χ0) is 25.7. The van der Waals surface area contributed by atoms with E-state index in [-0.39, 0.29) is 41.1 Å². The molecule has 11 heteroatoms. The lowest BCUT2D eigenvalue weighted by atomic mass is 10.1. The molecule has 190 valence electrons. The summed E-state index contributed by atoms with van der Waals surface area (Å²) in [4.78, 5) is 29.7. The zero-order valence-corrected chi connectivity index (χ0v) is 19.7. The summed E-state index contributed by atoms with van der Waals surface area (Å²) in [5.41, 5.74) is 1.31. The number of aryl methyl sites for hydroxylation is 2. The molecule has 0 saturated carbocycles. The second-order valence-corrected chi connectivity index (χ2v) is 8.03. The topological polar surface area (TPSA) is 152 Å². The number of nitrogens with one attached hydrogen (secondary N) is 1. The van der Waals surface area contributed by atoms with Crippen molar-refractivity contribution in [3.8, 4) is 11.5 Å². The quantitative estimate of drug-likeness (QED) is 0.207. The minimum absolute atomic E-state index is 0.0112. The normalized spacial score (nSPS) is 11.6. The Kier molecular flexibility index (Phi) is 7.74. The van der Waals surface area contributed by atoms with E-state index in [1.807, 2.05) is 12.1 Å². The Morgan fingerprint density at radius 2 is 1.36 bits per heavy atom. The van der Waals surface area contributed by atoms with Crippen LogP contribution >= 0.6 is 0 Å². The summed E-state index contributed by atoms with van der Waals surface area (Å²) in [7, 11) is 0. The summed E-state index contributed by atoms with van der Waals surface area (Å²) < 4.78 is 20.4. The van der Waals surface area contributed by atoms with E-state index in [1.54, 1.807) is 36.4 Å². The molecule has 36 heavy (non-hydrogen) atoms. The van der Waals surface area contributed by atoms with Crippen molar-refractivity contribution in [1.29, 1.82) is 0 Å². The first-order valence-electron chi connectivity index (χ1n) is 11.2. The predicted molar refractivity (Wildman–Crippen MR) is 125 cm³/mol. The average Bonchev–Trinajstić information content (AvgIpc) is 3.36. The highest BCUT2D eigenvalue weighted by atomic mass is 16.7. The van der Waals surface area contributed by atoms with Gasteiger partial charge < -0.3 is 33.2 Å². The lowest BCUT2D eigenvalue weighted by Gasteiger charge is -2.26. The van der Waals surface area contributed by atoms with Gasteiger partial charge in [0, 0.05) is 30.8 Å². The van der Waals surface area contributed by atoms with Crippen molar-refractivity contribution >= 4 is 0 Å². The maximum atomic E-state index is 11.7. The molecule has 0 radical (unpaired) electrons. The van der Waals surface area contributed by atoms with E-state index < -0.39 is 17.7 Å². The van der Waals surface area contributed by atoms with Crippen molar-refractivity contribution in [1.82, 2.24) is 10.4 Å². The fourth-order valence-corrected chi connectivity index (χ4v) is 3.65. The van der Waals surface area contributed by atoms with Crippen LogP contribution in [0.1, 0.15) is 40.3 Å². The Morgan fingerprint density at radius 1 is 0.833 bits per heavy atom. The van der Waals surface area contributed by atoms with E-state index in [1.165, 1.54) is 18.9 Å². The maximum absolute atomic E-state index is 11.7. The van der Waals surface area contributed by atoms with Gasteiger partial charge in [-0.05, 0) is 26.0 Å². The van der Waals surface area contributed by atoms with Crippen LogP contribution in [0, 0.1) is 13.8 Å². The summed E-state index contributed by atoms with van der Waals surface area (Å²) in [6.07, 6.45) is -1.17.